The quantitative estimate of drug-likeness (QED) is 0.424. The maximum Gasteiger partial charge on any atom is 0.193 e. The van der Waals surface area contributed by atoms with Crippen molar-refractivity contribution in [2.75, 3.05) is 7.05 Å². The van der Waals surface area contributed by atoms with Gasteiger partial charge < -0.3 is 15.5 Å². The van der Waals surface area contributed by atoms with Gasteiger partial charge >= 0.3 is 0 Å². The lowest BCUT2D eigenvalue weighted by atomic mass is 10.4. The van der Waals surface area contributed by atoms with Crippen LogP contribution < -0.4 is 5.32 Å². The van der Waals surface area contributed by atoms with E-state index in [0.29, 0.717) is 5.70 Å². The van der Waals surface area contributed by atoms with Gasteiger partial charge in [0.1, 0.15) is 0 Å². The van der Waals surface area contributed by atoms with Crippen LogP contribution >= 0.6 is 0 Å². The molecule has 0 bridgehead atoms. The van der Waals surface area contributed by atoms with Gasteiger partial charge in [0, 0.05) is 7.05 Å². The minimum Gasteiger partial charge on any atom is -0.388 e. The largest absolute Gasteiger partial charge is 0.388 e. The molecule has 3 heteroatoms. The Kier molecular flexibility index (Phi) is 3.23. The van der Waals surface area contributed by atoms with Crippen LogP contribution in [-0.4, -0.2) is 23.6 Å². The predicted octanol–water partition coefficient (Wildman–Crippen LogP) is -0.580. The molecule has 0 heterocycles. The molecule has 0 saturated heterocycles. The van der Waals surface area contributed by atoms with E-state index >= 15 is 0 Å². The van der Waals surface area contributed by atoms with Crippen LogP contribution in [0.1, 0.15) is 6.92 Å². The summed E-state index contributed by atoms with van der Waals surface area (Å²) in [5.41, 5.74) is 0.421. The van der Waals surface area contributed by atoms with Crippen LogP contribution in [0.15, 0.2) is 11.8 Å². The maximum atomic E-state index is 8.44. The van der Waals surface area contributed by atoms with E-state index in [9.17, 15) is 0 Å². The number of rotatable bonds is 2. The van der Waals surface area contributed by atoms with Gasteiger partial charge in [-0.25, -0.2) is 0 Å². The molecule has 0 aromatic heterocycles. The fraction of sp³-hybridized carbons (Fsp3) is 0.600. The second-order valence-corrected chi connectivity index (χ2v) is 1.37. The normalized spacial score (nSPS) is 12.4. The van der Waals surface area contributed by atoms with Crippen molar-refractivity contribution in [2.45, 2.75) is 13.2 Å². The van der Waals surface area contributed by atoms with E-state index in [1.165, 1.54) is 0 Å². The van der Waals surface area contributed by atoms with Crippen molar-refractivity contribution in [3.8, 4) is 0 Å². The molecule has 0 saturated carbocycles. The molecule has 0 spiro atoms. The maximum absolute atomic E-state index is 8.44. The molecular weight excluding hydrogens is 106 g/mol. The molecule has 8 heavy (non-hydrogen) atoms. The third-order valence-electron chi connectivity index (χ3n) is 0.878. The molecule has 48 valence electrons. The Morgan fingerprint density at radius 3 is 2.12 bits per heavy atom. The molecule has 0 radical (unpaired) electrons. The molecule has 0 fully saturated rings. The molecule has 0 aromatic rings. The Morgan fingerprint density at radius 1 is 1.62 bits per heavy atom. The van der Waals surface area contributed by atoms with Gasteiger partial charge in [0.2, 0.25) is 0 Å². The second kappa shape index (κ2) is 3.46. The summed E-state index contributed by atoms with van der Waals surface area (Å²) in [6.45, 7) is 1.73. The van der Waals surface area contributed by atoms with E-state index in [0.717, 1.165) is 0 Å². The van der Waals surface area contributed by atoms with Crippen molar-refractivity contribution in [1.82, 2.24) is 5.32 Å². The first-order valence-corrected chi connectivity index (χ1v) is 2.42. The van der Waals surface area contributed by atoms with Crippen molar-refractivity contribution >= 4 is 0 Å². The number of likely N-dealkylation sites (N-methyl/N-ethyl adjacent to an activating group) is 1. The zero-order valence-electron chi connectivity index (χ0n) is 5.05. The monoisotopic (exact) mass is 117 g/mol. The van der Waals surface area contributed by atoms with Crippen molar-refractivity contribution in [3.63, 3.8) is 0 Å². The molecule has 0 atom stereocenters. The Morgan fingerprint density at radius 2 is 2.12 bits per heavy atom. The molecule has 0 rings (SSSR count). The van der Waals surface area contributed by atoms with Crippen LogP contribution in [-0.2, 0) is 0 Å². The van der Waals surface area contributed by atoms with Crippen LogP contribution in [0.5, 0.6) is 0 Å². The smallest absolute Gasteiger partial charge is 0.193 e. The molecule has 0 unspecified atom stereocenters. The van der Waals surface area contributed by atoms with Gasteiger partial charge in [0.25, 0.3) is 0 Å². The van der Waals surface area contributed by atoms with Crippen LogP contribution in [0.25, 0.3) is 0 Å². The Balaban J connectivity index is 3.72. The van der Waals surface area contributed by atoms with Gasteiger partial charge in [0.15, 0.2) is 6.29 Å². The summed E-state index contributed by atoms with van der Waals surface area (Å²) >= 11 is 0. The number of aliphatic hydroxyl groups is 2. The minimum atomic E-state index is -1.37. The summed E-state index contributed by atoms with van der Waals surface area (Å²) in [5, 5.41) is 19.5. The van der Waals surface area contributed by atoms with E-state index in [1.54, 1.807) is 20.0 Å². The predicted molar refractivity (Wildman–Crippen MR) is 31.0 cm³/mol. The third kappa shape index (κ3) is 1.95. The van der Waals surface area contributed by atoms with Crippen LogP contribution in [0.4, 0.5) is 0 Å². The lowest BCUT2D eigenvalue weighted by molar-refractivity contribution is -0.0122. The van der Waals surface area contributed by atoms with E-state index in [-0.39, 0.29) is 0 Å². The standard InChI is InChI=1S/C5H11NO2/c1-3-4(6-2)5(7)8/h3,5-8H,1-2H3/b4-3-. The zero-order valence-corrected chi connectivity index (χ0v) is 5.05. The number of hydrogen-bond acceptors (Lipinski definition) is 3. The summed E-state index contributed by atoms with van der Waals surface area (Å²) in [6.07, 6.45) is 0.231. The highest BCUT2D eigenvalue weighted by atomic mass is 16.5. The highest BCUT2D eigenvalue weighted by Crippen LogP contribution is 1.90. The highest BCUT2D eigenvalue weighted by Gasteiger charge is 1.99. The fourth-order valence-corrected chi connectivity index (χ4v) is 0.423. The Labute approximate surface area is 48.6 Å². The number of hydrogen-bond donors (Lipinski definition) is 3. The molecule has 0 aliphatic heterocycles. The van der Waals surface area contributed by atoms with E-state index in [4.69, 9.17) is 10.2 Å². The Hall–Kier alpha value is -0.540. The summed E-state index contributed by atoms with van der Waals surface area (Å²) in [6, 6.07) is 0. The van der Waals surface area contributed by atoms with Crippen molar-refractivity contribution in [1.29, 1.82) is 0 Å². The van der Waals surface area contributed by atoms with Crippen LogP contribution in [0.3, 0.4) is 0 Å². The average molecular weight is 117 g/mol. The fourth-order valence-electron chi connectivity index (χ4n) is 0.423. The first-order valence-electron chi connectivity index (χ1n) is 2.42. The SMILES string of the molecule is C/C=C(\NC)C(O)O. The molecule has 0 aromatic carbocycles. The van der Waals surface area contributed by atoms with Gasteiger partial charge in [-0.2, -0.15) is 0 Å². The van der Waals surface area contributed by atoms with Crippen LogP contribution in [0.2, 0.25) is 0 Å². The molecule has 3 N–H and O–H groups in total. The Bertz CT molecular complexity index is 88.4. The number of allylic oxidation sites excluding steroid dienone is 1. The number of aliphatic hydroxyl groups excluding tert-OH is 1. The van der Waals surface area contributed by atoms with Crippen molar-refractivity contribution in [2.24, 2.45) is 0 Å². The van der Waals surface area contributed by atoms with Gasteiger partial charge in [0.05, 0.1) is 5.70 Å². The first-order chi connectivity index (χ1) is 3.72. The molecule has 3 nitrogen and oxygen atoms in total. The van der Waals surface area contributed by atoms with Crippen molar-refractivity contribution < 1.29 is 10.2 Å². The van der Waals surface area contributed by atoms with E-state index in [2.05, 4.69) is 5.32 Å². The molecule has 0 aliphatic rings. The van der Waals surface area contributed by atoms with Gasteiger partial charge in [-0.3, -0.25) is 0 Å². The van der Waals surface area contributed by atoms with Gasteiger partial charge in [-0.05, 0) is 6.92 Å². The second-order valence-electron chi connectivity index (χ2n) is 1.37. The average Bonchev–Trinajstić information content (AvgIpc) is 1.69. The summed E-state index contributed by atoms with van der Waals surface area (Å²) in [4.78, 5) is 0. The lowest BCUT2D eigenvalue weighted by Gasteiger charge is -2.05. The van der Waals surface area contributed by atoms with E-state index in [1.807, 2.05) is 0 Å². The van der Waals surface area contributed by atoms with E-state index < -0.39 is 6.29 Å². The summed E-state index contributed by atoms with van der Waals surface area (Å²) in [7, 11) is 1.63. The summed E-state index contributed by atoms with van der Waals surface area (Å²) < 4.78 is 0. The van der Waals surface area contributed by atoms with Gasteiger partial charge in [-0.15, -0.1) is 0 Å². The molecular formula is C5H11NO2. The lowest BCUT2D eigenvalue weighted by Crippen LogP contribution is -2.19. The van der Waals surface area contributed by atoms with Crippen molar-refractivity contribution in [3.05, 3.63) is 11.8 Å². The third-order valence-corrected chi connectivity index (χ3v) is 0.878. The number of nitrogens with one attached hydrogen (secondary N) is 1. The molecule has 0 amide bonds. The summed E-state index contributed by atoms with van der Waals surface area (Å²) in [5.74, 6) is 0. The van der Waals surface area contributed by atoms with Gasteiger partial charge in [-0.1, -0.05) is 6.08 Å². The topological polar surface area (TPSA) is 52.5 Å². The minimum absolute atomic E-state index is 0.421. The molecule has 0 aliphatic carbocycles. The zero-order chi connectivity index (χ0) is 6.57. The first kappa shape index (κ1) is 7.46. The highest BCUT2D eigenvalue weighted by molar-refractivity contribution is 4.98. The van der Waals surface area contributed by atoms with Crippen LogP contribution in [0, 0.1) is 0 Å².